The zero-order valence-corrected chi connectivity index (χ0v) is 15.4. The van der Waals surface area contributed by atoms with Crippen LogP contribution in [0.3, 0.4) is 0 Å². The van der Waals surface area contributed by atoms with E-state index in [1.165, 1.54) is 19.3 Å². The van der Waals surface area contributed by atoms with Gasteiger partial charge in [-0.25, -0.2) is 4.79 Å². The largest absolute Gasteiger partial charge is 0.445 e. The Kier molecular flexibility index (Phi) is 4.88. The second-order valence-electron chi connectivity index (χ2n) is 8.14. The minimum atomic E-state index is -0.367. The molecule has 1 aromatic rings. The number of carbonyl (C=O) groups excluding carboxylic acids is 2. The maximum atomic E-state index is 13.1. The van der Waals surface area contributed by atoms with Crippen molar-refractivity contribution in [3.05, 3.63) is 35.9 Å². The number of ether oxygens (including phenoxy) is 1. The molecule has 2 heterocycles. The van der Waals surface area contributed by atoms with Gasteiger partial charge in [0.15, 0.2) is 0 Å². The molecule has 0 radical (unpaired) electrons. The van der Waals surface area contributed by atoms with E-state index in [0.29, 0.717) is 19.0 Å². The second-order valence-corrected chi connectivity index (χ2v) is 8.14. The Bertz CT molecular complexity index is 658. The van der Waals surface area contributed by atoms with Crippen LogP contribution in [-0.2, 0) is 16.1 Å². The molecule has 1 spiro atoms. The molecule has 1 aromatic carbocycles. The lowest BCUT2D eigenvalue weighted by Gasteiger charge is -2.42. The first-order valence-corrected chi connectivity index (χ1v) is 9.91. The number of benzene rings is 1. The molecule has 5 nitrogen and oxygen atoms in total. The summed E-state index contributed by atoms with van der Waals surface area (Å²) in [6, 6.07) is 9.71. The number of piperidine rings is 1. The average Bonchev–Trinajstić information content (AvgIpc) is 3.06. The van der Waals surface area contributed by atoms with E-state index < -0.39 is 0 Å². The van der Waals surface area contributed by atoms with Gasteiger partial charge in [0.2, 0.25) is 5.91 Å². The molecule has 0 aromatic heterocycles. The molecule has 2 amide bonds. The van der Waals surface area contributed by atoms with Crippen molar-refractivity contribution < 1.29 is 14.3 Å². The normalized spacial score (nSPS) is 26.2. The Labute approximate surface area is 155 Å². The van der Waals surface area contributed by atoms with Crippen molar-refractivity contribution >= 4 is 12.0 Å². The maximum Gasteiger partial charge on any atom is 0.410 e. The van der Waals surface area contributed by atoms with Crippen molar-refractivity contribution in [2.24, 2.45) is 11.3 Å². The summed E-state index contributed by atoms with van der Waals surface area (Å²) in [6.45, 7) is 3.22. The first-order chi connectivity index (χ1) is 12.7. The molecule has 2 aliphatic heterocycles. The second kappa shape index (κ2) is 7.29. The van der Waals surface area contributed by atoms with Crippen LogP contribution >= 0.6 is 0 Å². The highest BCUT2D eigenvalue weighted by Crippen LogP contribution is 2.41. The molecule has 3 fully saturated rings. The van der Waals surface area contributed by atoms with Crippen LogP contribution in [0.2, 0.25) is 0 Å². The molecule has 3 aliphatic rings. The van der Waals surface area contributed by atoms with E-state index in [1.807, 2.05) is 30.3 Å². The van der Waals surface area contributed by atoms with Crippen LogP contribution in [0, 0.1) is 11.3 Å². The van der Waals surface area contributed by atoms with E-state index >= 15 is 0 Å². The van der Waals surface area contributed by atoms with Crippen LogP contribution in [0.25, 0.3) is 0 Å². The smallest absolute Gasteiger partial charge is 0.410 e. The summed E-state index contributed by atoms with van der Waals surface area (Å²) in [4.78, 5) is 29.4. The summed E-state index contributed by atoms with van der Waals surface area (Å²) in [5, 5.41) is 0. The van der Waals surface area contributed by atoms with Crippen molar-refractivity contribution in [2.75, 3.05) is 26.2 Å². The van der Waals surface area contributed by atoms with E-state index in [2.05, 4.69) is 4.90 Å². The van der Waals surface area contributed by atoms with E-state index in [1.54, 1.807) is 4.90 Å². The van der Waals surface area contributed by atoms with Crippen molar-refractivity contribution in [1.29, 1.82) is 0 Å². The lowest BCUT2D eigenvalue weighted by molar-refractivity contribution is -0.146. The molecule has 1 atom stereocenters. The SMILES string of the molecule is O=C(OCc1ccccc1)N1CC[C@@]2(CCCN(CC3CCC3)C2=O)C1. The molecular formula is C21H28N2O3. The topological polar surface area (TPSA) is 49.9 Å². The summed E-state index contributed by atoms with van der Waals surface area (Å²) >= 11 is 0. The Morgan fingerprint density at radius 2 is 1.92 bits per heavy atom. The van der Waals surface area contributed by atoms with Crippen LogP contribution in [0.15, 0.2) is 30.3 Å². The van der Waals surface area contributed by atoms with Gasteiger partial charge in [0.25, 0.3) is 0 Å². The van der Waals surface area contributed by atoms with Crippen LogP contribution in [0.1, 0.15) is 44.1 Å². The third-order valence-corrected chi connectivity index (χ3v) is 6.34. The fourth-order valence-corrected chi connectivity index (χ4v) is 4.53. The molecule has 140 valence electrons. The fourth-order valence-electron chi connectivity index (χ4n) is 4.53. The van der Waals surface area contributed by atoms with Gasteiger partial charge in [-0.05, 0) is 43.6 Å². The molecular weight excluding hydrogens is 328 g/mol. The van der Waals surface area contributed by atoms with Gasteiger partial charge in [-0.15, -0.1) is 0 Å². The van der Waals surface area contributed by atoms with Crippen molar-refractivity contribution in [3.63, 3.8) is 0 Å². The van der Waals surface area contributed by atoms with Crippen LogP contribution in [-0.4, -0.2) is 48.0 Å². The molecule has 2 saturated heterocycles. The summed E-state index contributed by atoms with van der Waals surface area (Å²) in [7, 11) is 0. The average molecular weight is 356 g/mol. The van der Waals surface area contributed by atoms with E-state index in [0.717, 1.165) is 37.9 Å². The zero-order valence-electron chi connectivity index (χ0n) is 15.4. The molecule has 26 heavy (non-hydrogen) atoms. The summed E-state index contributed by atoms with van der Waals surface area (Å²) in [5.74, 6) is 0.969. The summed E-state index contributed by atoms with van der Waals surface area (Å²) < 4.78 is 5.46. The number of amides is 2. The minimum absolute atomic E-state index is 0.272. The van der Waals surface area contributed by atoms with Crippen LogP contribution in [0.4, 0.5) is 4.79 Å². The van der Waals surface area contributed by atoms with Gasteiger partial charge in [-0.3, -0.25) is 4.79 Å². The van der Waals surface area contributed by atoms with Gasteiger partial charge in [0.05, 0.1) is 5.41 Å². The molecule has 0 bridgehead atoms. The first-order valence-electron chi connectivity index (χ1n) is 9.91. The van der Waals surface area contributed by atoms with Gasteiger partial charge in [-0.2, -0.15) is 0 Å². The highest BCUT2D eigenvalue weighted by Gasteiger charge is 2.50. The molecule has 4 rings (SSSR count). The third kappa shape index (κ3) is 3.44. The first kappa shape index (κ1) is 17.4. The van der Waals surface area contributed by atoms with Gasteiger partial charge < -0.3 is 14.5 Å². The minimum Gasteiger partial charge on any atom is -0.445 e. The fraction of sp³-hybridized carbons (Fsp3) is 0.619. The standard InChI is InChI=1S/C21H28N2O3/c24-19-21(10-5-12-22(19)14-17-8-4-9-17)11-13-23(16-21)20(25)26-15-18-6-2-1-3-7-18/h1-3,6-7,17H,4-5,8-16H2/t21-/m0/s1. The third-order valence-electron chi connectivity index (χ3n) is 6.34. The van der Waals surface area contributed by atoms with Crippen LogP contribution in [0.5, 0.6) is 0 Å². The van der Waals surface area contributed by atoms with Gasteiger partial charge >= 0.3 is 6.09 Å². The summed E-state index contributed by atoms with van der Waals surface area (Å²) in [5.41, 5.74) is 0.614. The summed E-state index contributed by atoms with van der Waals surface area (Å²) in [6.07, 6.45) is 6.24. The Hall–Kier alpha value is -2.04. The Balaban J connectivity index is 1.34. The van der Waals surface area contributed by atoms with Crippen molar-refractivity contribution in [3.8, 4) is 0 Å². The number of hydrogen-bond donors (Lipinski definition) is 0. The van der Waals surface area contributed by atoms with Gasteiger partial charge in [-0.1, -0.05) is 36.8 Å². The predicted molar refractivity (Wildman–Crippen MR) is 98.4 cm³/mol. The molecule has 0 unspecified atom stereocenters. The maximum absolute atomic E-state index is 13.1. The monoisotopic (exact) mass is 356 g/mol. The molecule has 1 saturated carbocycles. The lowest BCUT2D eigenvalue weighted by Crippen LogP contribution is -2.52. The quantitative estimate of drug-likeness (QED) is 0.830. The predicted octanol–water partition coefficient (Wildman–Crippen LogP) is 3.44. The van der Waals surface area contributed by atoms with Crippen molar-refractivity contribution in [1.82, 2.24) is 9.80 Å². The number of carbonyl (C=O) groups is 2. The number of hydrogen-bond acceptors (Lipinski definition) is 3. The van der Waals surface area contributed by atoms with Crippen LogP contribution < -0.4 is 0 Å². The lowest BCUT2D eigenvalue weighted by atomic mass is 9.77. The van der Waals surface area contributed by atoms with E-state index in [-0.39, 0.29) is 24.0 Å². The highest BCUT2D eigenvalue weighted by atomic mass is 16.6. The zero-order chi connectivity index (χ0) is 18.0. The highest BCUT2D eigenvalue weighted by molar-refractivity contribution is 5.85. The van der Waals surface area contributed by atoms with Gasteiger partial charge in [0, 0.05) is 26.2 Å². The molecule has 5 heteroatoms. The van der Waals surface area contributed by atoms with Gasteiger partial charge in [0.1, 0.15) is 6.61 Å². The Morgan fingerprint density at radius 1 is 1.12 bits per heavy atom. The number of likely N-dealkylation sites (tertiary alicyclic amines) is 2. The molecule has 1 aliphatic carbocycles. The van der Waals surface area contributed by atoms with E-state index in [4.69, 9.17) is 4.74 Å². The van der Waals surface area contributed by atoms with E-state index in [9.17, 15) is 9.59 Å². The van der Waals surface area contributed by atoms with Crippen molar-refractivity contribution in [2.45, 2.75) is 45.1 Å². The molecule has 0 N–H and O–H groups in total. The Morgan fingerprint density at radius 3 is 2.65 bits per heavy atom. The number of rotatable bonds is 4. The number of nitrogens with zero attached hydrogens (tertiary/aromatic N) is 2.